The molecule has 30 heavy (non-hydrogen) atoms. The molecule has 0 unspecified atom stereocenters. The molecule has 0 atom stereocenters. The number of nitrogens with zero attached hydrogens (tertiary/aromatic N) is 2. The molecule has 0 radical (unpaired) electrons. The Balaban J connectivity index is 1.59. The Hall–Kier alpha value is -2.75. The summed E-state index contributed by atoms with van der Waals surface area (Å²) in [5.74, 6) is -0.129. The van der Waals surface area contributed by atoms with Gasteiger partial charge in [-0.25, -0.2) is 9.78 Å². The van der Waals surface area contributed by atoms with E-state index in [4.69, 9.17) is 9.72 Å². The highest BCUT2D eigenvalue weighted by Gasteiger charge is 2.30. The number of amides is 2. The molecule has 0 spiro atoms. The topological polar surface area (TPSA) is 71.5 Å². The van der Waals surface area contributed by atoms with Gasteiger partial charge in [0.05, 0.1) is 28.7 Å². The average molecular weight is 456 g/mol. The first-order chi connectivity index (χ1) is 14.6. The van der Waals surface area contributed by atoms with Crippen LogP contribution in [0.15, 0.2) is 41.8 Å². The second kappa shape index (κ2) is 7.82. The Bertz CT molecular complexity index is 1210. The van der Waals surface area contributed by atoms with Crippen LogP contribution in [0.2, 0.25) is 0 Å². The molecule has 1 aromatic carbocycles. The van der Waals surface area contributed by atoms with Gasteiger partial charge in [-0.3, -0.25) is 4.79 Å². The highest BCUT2D eigenvalue weighted by Crippen LogP contribution is 2.45. The molecule has 152 valence electrons. The summed E-state index contributed by atoms with van der Waals surface area (Å²) >= 11 is 4.54. The Morgan fingerprint density at radius 3 is 2.80 bits per heavy atom. The van der Waals surface area contributed by atoms with E-state index in [1.165, 1.54) is 29.8 Å². The highest BCUT2D eigenvalue weighted by molar-refractivity contribution is 7.23. The number of anilines is 1. The lowest BCUT2D eigenvalue weighted by atomic mass is 10.0. The summed E-state index contributed by atoms with van der Waals surface area (Å²) in [6.45, 7) is 1.05. The summed E-state index contributed by atoms with van der Waals surface area (Å²) in [5, 5.41) is 6.65. The molecule has 1 aliphatic heterocycles. The first-order valence-corrected chi connectivity index (χ1v) is 11.8. The predicted octanol–water partition coefficient (Wildman–Crippen LogP) is 5.46. The smallest absolute Gasteiger partial charge is 0.409 e. The Kier molecular flexibility index (Phi) is 5.01. The van der Waals surface area contributed by atoms with Crippen LogP contribution in [0.5, 0.6) is 0 Å². The number of hydrogen-bond acceptors (Lipinski definition) is 7. The molecule has 0 aliphatic carbocycles. The van der Waals surface area contributed by atoms with Crippen LogP contribution in [0, 0.1) is 0 Å². The van der Waals surface area contributed by atoms with E-state index in [9.17, 15) is 9.59 Å². The average Bonchev–Trinajstić information content (AvgIpc) is 3.49. The number of methoxy groups -OCH3 is 1. The normalized spacial score (nSPS) is 13.3. The number of nitrogens with one attached hydrogen (secondary N) is 1. The SMILES string of the molecule is COC(=O)N1CCc2c(sc(NC(=O)c3cccs3)c2-c2nc3ccccc3s2)C1. The first-order valence-electron chi connectivity index (χ1n) is 9.32. The number of fused-ring (bicyclic) bond motifs is 2. The third-order valence-corrected chi connectivity index (χ3v) is 8.02. The number of aromatic nitrogens is 1. The van der Waals surface area contributed by atoms with E-state index < -0.39 is 0 Å². The molecule has 0 saturated heterocycles. The maximum atomic E-state index is 12.8. The Morgan fingerprint density at radius 1 is 1.17 bits per heavy atom. The standard InChI is InChI=1S/C21H17N3O3S3/c1-27-21(26)24-9-8-12-16(11-24)30-20(23-18(25)15-7-4-10-28-15)17(12)19-22-13-5-2-3-6-14(13)29-19/h2-7,10H,8-9,11H2,1H3,(H,23,25). The molecular weight excluding hydrogens is 438 g/mol. The molecule has 9 heteroatoms. The third-order valence-electron chi connectivity index (χ3n) is 4.97. The van der Waals surface area contributed by atoms with Crippen LogP contribution in [0.1, 0.15) is 20.1 Å². The fraction of sp³-hybridized carbons (Fsp3) is 0.190. The minimum Gasteiger partial charge on any atom is -0.453 e. The minimum atomic E-state index is -0.334. The summed E-state index contributed by atoms with van der Waals surface area (Å²) in [6.07, 6.45) is 0.362. The molecule has 3 aromatic heterocycles. The van der Waals surface area contributed by atoms with Gasteiger partial charge in [0.15, 0.2) is 0 Å². The second-order valence-electron chi connectivity index (χ2n) is 6.77. The van der Waals surface area contributed by atoms with Crippen LogP contribution in [-0.2, 0) is 17.7 Å². The molecule has 0 bridgehead atoms. The number of benzene rings is 1. The van der Waals surface area contributed by atoms with Gasteiger partial charge in [0.2, 0.25) is 0 Å². The van der Waals surface area contributed by atoms with Gasteiger partial charge < -0.3 is 15.0 Å². The molecule has 4 heterocycles. The Morgan fingerprint density at radius 2 is 2.03 bits per heavy atom. The van der Waals surface area contributed by atoms with Crippen molar-refractivity contribution in [3.05, 3.63) is 57.1 Å². The molecule has 0 fully saturated rings. The third kappa shape index (κ3) is 3.38. The summed E-state index contributed by atoms with van der Waals surface area (Å²) in [5.41, 5.74) is 3.08. The lowest BCUT2D eigenvalue weighted by Crippen LogP contribution is -2.35. The monoisotopic (exact) mass is 455 g/mol. The van der Waals surface area contributed by atoms with E-state index in [1.54, 1.807) is 16.2 Å². The van der Waals surface area contributed by atoms with Crippen molar-refractivity contribution in [1.29, 1.82) is 0 Å². The van der Waals surface area contributed by atoms with Crippen LogP contribution < -0.4 is 5.32 Å². The molecule has 5 rings (SSSR count). The van der Waals surface area contributed by atoms with E-state index in [1.807, 2.05) is 35.7 Å². The molecular formula is C21H17N3O3S3. The number of ether oxygens (including phenoxy) is 1. The number of hydrogen-bond donors (Lipinski definition) is 1. The predicted molar refractivity (Wildman–Crippen MR) is 122 cm³/mol. The fourth-order valence-corrected chi connectivity index (χ4v) is 6.54. The quantitative estimate of drug-likeness (QED) is 0.445. The van der Waals surface area contributed by atoms with Crippen molar-refractivity contribution in [3.63, 3.8) is 0 Å². The van der Waals surface area contributed by atoms with Gasteiger partial charge in [-0.05, 0) is 35.6 Å². The summed E-state index contributed by atoms with van der Waals surface area (Å²) in [4.78, 5) is 33.0. The minimum absolute atomic E-state index is 0.129. The number of carbonyl (C=O) groups is 2. The van der Waals surface area contributed by atoms with E-state index in [0.29, 0.717) is 24.4 Å². The van der Waals surface area contributed by atoms with Crippen molar-refractivity contribution in [3.8, 4) is 10.6 Å². The molecule has 1 aliphatic rings. The van der Waals surface area contributed by atoms with Gasteiger partial charge in [0.25, 0.3) is 5.91 Å². The van der Waals surface area contributed by atoms with Crippen molar-refractivity contribution in [2.75, 3.05) is 19.0 Å². The zero-order valence-electron chi connectivity index (χ0n) is 16.0. The lowest BCUT2D eigenvalue weighted by molar-refractivity contribution is 0.103. The van der Waals surface area contributed by atoms with Crippen molar-refractivity contribution in [2.45, 2.75) is 13.0 Å². The van der Waals surface area contributed by atoms with Gasteiger partial charge >= 0.3 is 6.09 Å². The molecule has 1 N–H and O–H groups in total. The van der Waals surface area contributed by atoms with Crippen molar-refractivity contribution in [2.24, 2.45) is 0 Å². The van der Waals surface area contributed by atoms with Gasteiger partial charge in [-0.1, -0.05) is 18.2 Å². The van der Waals surface area contributed by atoms with E-state index in [2.05, 4.69) is 11.4 Å². The summed E-state index contributed by atoms with van der Waals surface area (Å²) in [7, 11) is 1.39. The lowest BCUT2D eigenvalue weighted by Gasteiger charge is -2.25. The van der Waals surface area contributed by atoms with Crippen molar-refractivity contribution < 1.29 is 14.3 Å². The van der Waals surface area contributed by atoms with E-state index in [0.717, 1.165) is 36.2 Å². The molecule has 6 nitrogen and oxygen atoms in total. The highest BCUT2D eigenvalue weighted by atomic mass is 32.1. The Labute approximate surface area is 184 Å². The van der Waals surface area contributed by atoms with Crippen LogP contribution >= 0.6 is 34.0 Å². The van der Waals surface area contributed by atoms with E-state index >= 15 is 0 Å². The summed E-state index contributed by atoms with van der Waals surface area (Å²) in [6, 6.07) is 11.7. The van der Waals surface area contributed by atoms with Crippen LogP contribution in [0.25, 0.3) is 20.8 Å². The fourth-order valence-electron chi connectivity index (χ4n) is 3.55. The largest absolute Gasteiger partial charge is 0.453 e. The van der Waals surface area contributed by atoms with Crippen LogP contribution in [0.4, 0.5) is 9.80 Å². The van der Waals surface area contributed by atoms with Gasteiger partial charge in [0, 0.05) is 17.0 Å². The maximum Gasteiger partial charge on any atom is 0.409 e. The van der Waals surface area contributed by atoms with Crippen LogP contribution in [-0.4, -0.2) is 35.5 Å². The van der Waals surface area contributed by atoms with Gasteiger partial charge in [-0.2, -0.15) is 0 Å². The number of para-hydroxylation sites is 1. The second-order valence-corrected chi connectivity index (χ2v) is 9.85. The number of carbonyl (C=O) groups excluding carboxylic acids is 2. The zero-order chi connectivity index (χ0) is 20.7. The van der Waals surface area contributed by atoms with Gasteiger partial charge in [-0.15, -0.1) is 34.0 Å². The van der Waals surface area contributed by atoms with Crippen molar-refractivity contribution >= 4 is 61.2 Å². The van der Waals surface area contributed by atoms with E-state index in [-0.39, 0.29) is 12.0 Å². The van der Waals surface area contributed by atoms with Gasteiger partial charge in [0.1, 0.15) is 10.0 Å². The number of rotatable bonds is 3. The molecule has 2 amide bonds. The summed E-state index contributed by atoms with van der Waals surface area (Å²) < 4.78 is 6.00. The molecule has 0 saturated carbocycles. The number of thiazole rings is 1. The maximum absolute atomic E-state index is 12.8. The van der Waals surface area contributed by atoms with Crippen LogP contribution in [0.3, 0.4) is 0 Å². The molecule has 4 aromatic rings. The zero-order valence-corrected chi connectivity index (χ0v) is 18.5. The van der Waals surface area contributed by atoms with Crippen molar-refractivity contribution in [1.82, 2.24) is 9.88 Å². The first kappa shape index (κ1) is 19.2. The number of thiophene rings is 2.